The quantitative estimate of drug-likeness (QED) is 0.740. The summed E-state index contributed by atoms with van der Waals surface area (Å²) < 4.78 is 10.6. The van der Waals surface area contributed by atoms with E-state index < -0.39 is 0 Å². The first-order chi connectivity index (χ1) is 8.22. The number of hydrogen-bond acceptors (Lipinski definition) is 3. The molecule has 3 nitrogen and oxygen atoms in total. The summed E-state index contributed by atoms with van der Waals surface area (Å²) in [4.78, 5) is 0. The number of methoxy groups -OCH3 is 2. The highest BCUT2D eigenvalue weighted by atomic mass is 16.5. The molecule has 1 atom stereocenters. The van der Waals surface area contributed by atoms with Gasteiger partial charge in [-0.3, -0.25) is 0 Å². The zero-order chi connectivity index (χ0) is 12.7. The third kappa shape index (κ3) is 3.93. The Labute approximate surface area is 104 Å². The molecule has 0 heterocycles. The van der Waals surface area contributed by atoms with Crippen LogP contribution in [0.1, 0.15) is 44.2 Å². The fraction of sp³-hybridized carbons (Fsp3) is 0.571. The van der Waals surface area contributed by atoms with Gasteiger partial charge in [-0.05, 0) is 24.6 Å². The monoisotopic (exact) mass is 237 g/mol. The van der Waals surface area contributed by atoms with Gasteiger partial charge in [0.2, 0.25) is 0 Å². The van der Waals surface area contributed by atoms with Crippen LogP contribution in [0.3, 0.4) is 0 Å². The van der Waals surface area contributed by atoms with Crippen molar-refractivity contribution in [1.82, 2.24) is 0 Å². The molecule has 0 amide bonds. The maximum atomic E-state index is 6.20. The summed E-state index contributed by atoms with van der Waals surface area (Å²) in [6.45, 7) is 2.19. The normalized spacial score (nSPS) is 12.2. The molecule has 0 aliphatic rings. The molecular weight excluding hydrogens is 214 g/mol. The minimum absolute atomic E-state index is 0.0200. The van der Waals surface area contributed by atoms with E-state index in [4.69, 9.17) is 15.2 Å². The Morgan fingerprint density at radius 1 is 1.18 bits per heavy atom. The first-order valence-corrected chi connectivity index (χ1v) is 6.20. The van der Waals surface area contributed by atoms with Crippen molar-refractivity contribution >= 4 is 0 Å². The SMILES string of the molecule is CCCCC[C@@H](N)c1cc(OC)ccc1OC. The predicted molar refractivity (Wildman–Crippen MR) is 70.6 cm³/mol. The van der Waals surface area contributed by atoms with E-state index in [1.807, 2.05) is 18.2 Å². The third-order valence-corrected chi connectivity index (χ3v) is 2.96. The lowest BCUT2D eigenvalue weighted by atomic mass is 10.00. The third-order valence-electron chi connectivity index (χ3n) is 2.96. The van der Waals surface area contributed by atoms with E-state index in [0.717, 1.165) is 29.9 Å². The van der Waals surface area contributed by atoms with Crippen LogP contribution < -0.4 is 15.2 Å². The fourth-order valence-electron chi connectivity index (χ4n) is 1.90. The van der Waals surface area contributed by atoms with Gasteiger partial charge >= 0.3 is 0 Å². The Kier molecular flexibility index (Phi) is 5.84. The summed E-state index contributed by atoms with van der Waals surface area (Å²) in [6.07, 6.45) is 4.57. The topological polar surface area (TPSA) is 44.5 Å². The minimum atomic E-state index is 0.0200. The van der Waals surface area contributed by atoms with Gasteiger partial charge in [-0.15, -0.1) is 0 Å². The molecule has 1 aromatic rings. The predicted octanol–water partition coefficient (Wildman–Crippen LogP) is 3.28. The largest absolute Gasteiger partial charge is 0.497 e. The summed E-state index contributed by atoms with van der Waals surface area (Å²) in [5.41, 5.74) is 7.23. The lowest BCUT2D eigenvalue weighted by molar-refractivity contribution is 0.393. The van der Waals surface area contributed by atoms with E-state index in [1.54, 1.807) is 14.2 Å². The Bertz CT molecular complexity index is 339. The lowest BCUT2D eigenvalue weighted by Crippen LogP contribution is -2.11. The Balaban J connectivity index is 2.78. The van der Waals surface area contributed by atoms with Crippen molar-refractivity contribution in [3.05, 3.63) is 23.8 Å². The average molecular weight is 237 g/mol. The summed E-state index contributed by atoms with van der Waals surface area (Å²) in [5, 5.41) is 0. The molecule has 17 heavy (non-hydrogen) atoms. The van der Waals surface area contributed by atoms with Crippen LogP contribution in [0, 0.1) is 0 Å². The van der Waals surface area contributed by atoms with Crippen LogP contribution >= 0.6 is 0 Å². The number of nitrogens with two attached hydrogens (primary N) is 1. The molecule has 3 heteroatoms. The van der Waals surface area contributed by atoms with Gasteiger partial charge in [-0.1, -0.05) is 26.2 Å². The fourth-order valence-corrected chi connectivity index (χ4v) is 1.90. The van der Waals surface area contributed by atoms with Gasteiger partial charge in [0.1, 0.15) is 11.5 Å². The van der Waals surface area contributed by atoms with Gasteiger partial charge in [-0.2, -0.15) is 0 Å². The van der Waals surface area contributed by atoms with E-state index in [0.29, 0.717) is 0 Å². The molecule has 1 aromatic carbocycles. The van der Waals surface area contributed by atoms with E-state index in [-0.39, 0.29) is 6.04 Å². The number of benzene rings is 1. The van der Waals surface area contributed by atoms with Crippen LogP contribution in [0.5, 0.6) is 11.5 Å². The summed E-state index contributed by atoms with van der Waals surface area (Å²) in [6, 6.07) is 5.79. The Morgan fingerprint density at radius 3 is 2.53 bits per heavy atom. The zero-order valence-electron chi connectivity index (χ0n) is 11.0. The van der Waals surface area contributed by atoms with Crippen LogP contribution in [0.2, 0.25) is 0 Å². The Hall–Kier alpha value is -1.22. The first-order valence-electron chi connectivity index (χ1n) is 6.20. The summed E-state index contributed by atoms with van der Waals surface area (Å²) in [7, 11) is 3.33. The number of rotatable bonds is 7. The van der Waals surface area contributed by atoms with Gasteiger partial charge in [0, 0.05) is 11.6 Å². The van der Waals surface area contributed by atoms with E-state index in [9.17, 15) is 0 Å². The van der Waals surface area contributed by atoms with Crippen LogP contribution in [-0.2, 0) is 0 Å². The van der Waals surface area contributed by atoms with Crippen LogP contribution in [0.4, 0.5) is 0 Å². The van der Waals surface area contributed by atoms with Crippen LogP contribution in [-0.4, -0.2) is 14.2 Å². The van der Waals surface area contributed by atoms with E-state index in [1.165, 1.54) is 12.8 Å². The first kappa shape index (κ1) is 13.8. The highest BCUT2D eigenvalue weighted by molar-refractivity contribution is 5.42. The molecule has 0 aliphatic carbocycles. The molecular formula is C14H23NO2. The number of ether oxygens (including phenoxy) is 2. The maximum Gasteiger partial charge on any atom is 0.123 e. The van der Waals surface area contributed by atoms with Crippen LogP contribution in [0.25, 0.3) is 0 Å². The molecule has 0 saturated heterocycles. The van der Waals surface area contributed by atoms with Crippen molar-refractivity contribution in [2.45, 2.75) is 38.6 Å². The van der Waals surface area contributed by atoms with E-state index >= 15 is 0 Å². The van der Waals surface area contributed by atoms with Gasteiger partial charge < -0.3 is 15.2 Å². The van der Waals surface area contributed by atoms with Gasteiger partial charge in [-0.25, -0.2) is 0 Å². The lowest BCUT2D eigenvalue weighted by Gasteiger charge is -2.16. The molecule has 1 rings (SSSR count). The summed E-state index contributed by atoms with van der Waals surface area (Å²) >= 11 is 0. The van der Waals surface area contributed by atoms with Crippen molar-refractivity contribution in [1.29, 1.82) is 0 Å². The molecule has 0 aliphatic heterocycles. The maximum absolute atomic E-state index is 6.20. The van der Waals surface area contributed by atoms with Crippen molar-refractivity contribution in [3.8, 4) is 11.5 Å². The Morgan fingerprint density at radius 2 is 1.94 bits per heavy atom. The molecule has 0 radical (unpaired) electrons. The molecule has 0 fully saturated rings. The van der Waals surface area contributed by atoms with Crippen molar-refractivity contribution in [3.63, 3.8) is 0 Å². The molecule has 2 N–H and O–H groups in total. The van der Waals surface area contributed by atoms with Gasteiger partial charge in [0.25, 0.3) is 0 Å². The number of hydrogen-bond donors (Lipinski definition) is 1. The zero-order valence-corrected chi connectivity index (χ0v) is 11.0. The summed E-state index contributed by atoms with van der Waals surface area (Å²) in [5.74, 6) is 1.67. The van der Waals surface area contributed by atoms with Crippen molar-refractivity contribution in [2.24, 2.45) is 5.73 Å². The minimum Gasteiger partial charge on any atom is -0.497 e. The number of unbranched alkanes of at least 4 members (excludes halogenated alkanes) is 2. The van der Waals surface area contributed by atoms with Crippen LogP contribution in [0.15, 0.2) is 18.2 Å². The van der Waals surface area contributed by atoms with Gasteiger partial charge in [0.05, 0.1) is 14.2 Å². The average Bonchev–Trinajstić information content (AvgIpc) is 2.38. The highest BCUT2D eigenvalue weighted by Crippen LogP contribution is 2.30. The molecule has 0 aromatic heterocycles. The molecule has 96 valence electrons. The highest BCUT2D eigenvalue weighted by Gasteiger charge is 2.12. The molecule has 0 bridgehead atoms. The standard InChI is InChI=1S/C14H23NO2/c1-4-5-6-7-13(15)12-10-11(16-2)8-9-14(12)17-3/h8-10,13H,4-7,15H2,1-3H3/t13-/m1/s1. The molecule has 0 unspecified atom stereocenters. The van der Waals surface area contributed by atoms with E-state index in [2.05, 4.69) is 6.92 Å². The van der Waals surface area contributed by atoms with Gasteiger partial charge in [0.15, 0.2) is 0 Å². The second-order valence-corrected chi connectivity index (χ2v) is 4.21. The second-order valence-electron chi connectivity index (χ2n) is 4.21. The van der Waals surface area contributed by atoms with Crippen molar-refractivity contribution < 1.29 is 9.47 Å². The molecule has 0 saturated carbocycles. The van der Waals surface area contributed by atoms with Crippen molar-refractivity contribution in [2.75, 3.05) is 14.2 Å². The molecule has 0 spiro atoms. The second kappa shape index (κ2) is 7.17. The smallest absolute Gasteiger partial charge is 0.123 e.